The lowest BCUT2D eigenvalue weighted by molar-refractivity contribution is 0.250. The van der Waals surface area contributed by atoms with E-state index in [1.165, 1.54) is 0 Å². The Hall–Kier alpha value is -1.59. The van der Waals surface area contributed by atoms with E-state index in [9.17, 15) is 4.79 Å². The third kappa shape index (κ3) is 7.11. The highest BCUT2D eigenvalue weighted by Crippen LogP contribution is 2.08. The second-order valence-corrected chi connectivity index (χ2v) is 5.56. The molecule has 0 aliphatic carbocycles. The van der Waals surface area contributed by atoms with Crippen molar-refractivity contribution < 1.29 is 4.79 Å². The number of hydrogen-bond acceptors (Lipinski definition) is 3. The number of carbonyl (C=O) groups excluding carboxylic acids is 1. The summed E-state index contributed by atoms with van der Waals surface area (Å²) in [6.45, 7) is 6.63. The number of nitrogens with two attached hydrogens (primary N) is 1. The molecule has 2 amide bonds. The molecule has 0 aliphatic rings. The minimum atomic E-state index is -0.160. The number of unbranched alkanes of at least 4 members (excludes halogenated alkanes) is 1. The Morgan fingerprint density at radius 1 is 1.24 bits per heavy atom. The van der Waals surface area contributed by atoms with E-state index in [-0.39, 0.29) is 6.03 Å². The molecule has 0 heterocycles. The van der Waals surface area contributed by atoms with Gasteiger partial charge in [0.15, 0.2) is 0 Å². The van der Waals surface area contributed by atoms with Crippen molar-refractivity contribution in [1.82, 2.24) is 10.2 Å². The zero-order valence-corrected chi connectivity index (χ0v) is 13.4. The molecule has 0 fully saturated rings. The van der Waals surface area contributed by atoms with Crippen LogP contribution in [0.1, 0.15) is 32.3 Å². The number of benzene rings is 1. The van der Waals surface area contributed by atoms with Crippen LogP contribution in [0.25, 0.3) is 0 Å². The summed E-state index contributed by atoms with van der Waals surface area (Å²) in [5, 5.41) is 5.68. The predicted molar refractivity (Wildman–Crippen MR) is 88.4 cm³/mol. The molecule has 4 N–H and O–H groups in total. The lowest BCUT2D eigenvalue weighted by Crippen LogP contribution is -2.31. The highest BCUT2D eigenvalue weighted by molar-refractivity contribution is 5.89. The van der Waals surface area contributed by atoms with Crippen LogP contribution >= 0.6 is 0 Å². The van der Waals surface area contributed by atoms with Crippen molar-refractivity contribution in [3.63, 3.8) is 0 Å². The summed E-state index contributed by atoms with van der Waals surface area (Å²) in [5.74, 6) is 0. The van der Waals surface area contributed by atoms with Crippen molar-refractivity contribution >= 4 is 11.7 Å². The van der Waals surface area contributed by atoms with Gasteiger partial charge < -0.3 is 21.3 Å². The fourth-order valence-electron chi connectivity index (χ4n) is 1.85. The van der Waals surface area contributed by atoms with Crippen LogP contribution in [-0.4, -0.2) is 37.1 Å². The number of nitrogens with zero attached hydrogens (tertiary/aromatic N) is 1. The SMILES string of the molecule is CC(C)N(C)CCCCNC(=O)Nc1ccc(CN)cc1. The summed E-state index contributed by atoms with van der Waals surface area (Å²) < 4.78 is 0. The Balaban J connectivity index is 2.16. The summed E-state index contributed by atoms with van der Waals surface area (Å²) in [6.07, 6.45) is 2.07. The Morgan fingerprint density at radius 2 is 1.90 bits per heavy atom. The van der Waals surface area contributed by atoms with Crippen molar-refractivity contribution in [2.24, 2.45) is 5.73 Å². The average molecular weight is 292 g/mol. The molecule has 21 heavy (non-hydrogen) atoms. The van der Waals surface area contributed by atoms with Gasteiger partial charge in [-0.1, -0.05) is 12.1 Å². The molecule has 0 bridgehead atoms. The maximum Gasteiger partial charge on any atom is 0.319 e. The Morgan fingerprint density at radius 3 is 2.48 bits per heavy atom. The molecule has 1 rings (SSSR count). The van der Waals surface area contributed by atoms with Gasteiger partial charge in [0.05, 0.1) is 0 Å². The first-order valence-electron chi connectivity index (χ1n) is 7.57. The van der Waals surface area contributed by atoms with Gasteiger partial charge in [-0.2, -0.15) is 0 Å². The number of amides is 2. The smallest absolute Gasteiger partial charge is 0.319 e. The molecular formula is C16H28N4O. The third-order valence-corrected chi connectivity index (χ3v) is 3.55. The molecule has 5 nitrogen and oxygen atoms in total. The van der Waals surface area contributed by atoms with Gasteiger partial charge in [0, 0.05) is 24.8 Å². The number of urea groups is 1. The molecule has 0 atom stereocenters. The molecule has 118 valence electrons. The number of rotatable bonds is 8. The first kappa shape index (κ1) is 17.5. The van der Waals surface area contributed by atoms with Crippen molar-refractivity contribution in [2.75, 3.05) is 25.5 Å². The van der Waals surface area contributed by atoms with Crippen LogP contribution in [0.5, 0.6) is 0 Å². The molecule has 0 spiro atoms. The predicted octanol–water partition coefficient (Wildman–Crippen LogP) is 2.39. The molecule has 0 radical (unpaired) electrons. The molecule has 0 aromatic heterocycles. The quantitative estimate of drug-likeness (QED) is 0.644. The largest absolute Gasteiger partial charge is 0.338 e. The van der Waals surface area contributed by atoms with Crippen molar-refractivity contribution in [3.05, 3.63) is 29.8 Å². The van der Waals surface area contributed by atoms with Crippen LogP contribution in [0.4, 0.5) is 10.5 Å². The average Bonchev–Trinajstić information content (AvgIpc) is 2.47. The normalized spacial score (nSPS) is 11.0. The second-order valence-electron chi connectivity index (χ2n) is 5.56. The molecule has 0 saturated heterocycles. The van der Waals surface area contributed by atoms with E-state index in [0.29, 0.717) is 19.1 Å². The molecule has 1 aromatic carbocycles. The third-order valence-electron chi connectivity index (χ3n) is 3.55. The Kier molecular flexibility index (Phi) is 7.79. The van der Waals surface area contributed by atoms with Gasteiger partial charge in [0.1, 0.15) is 0 Å². The highest BCUT2D eigenvalue weighted by Gasteiger charge is 2.03. The standard InChI is InChI=1S/C16H28N4O/c1-13(2)20(3)11-5-4-10-18-16(21)19-15-8-6-14(12-17)7-9-15/h6-9,13H,4-5,10-12,17H2,1-3H3,(H2,18,19,21). The van der Waals surface area contributed by atoms with Gasteiger partial charge in [0.25, 0.3) is 0 Å². The van der Waals surface area contributed by atoms with Crippen LogP contribution < -0.4 is 16.4 Å². The molecule has 0 saturated carbocycles. The monoisotopic (exact) mass is 292 g/mol. The highest BCUT2D eigenvalue weighted by atomic mass is 16.2. The summed E-state index contributed by atoms with van der Waals surface area (Å²) in [5.41, 5.74) is 7.36. The van der Waals surface area contributed by atoms with E-state index in [1.54, 1.807) is 0 Å². The van der Waals surface area contributed by atoms with Crippen molar-refractivity contribution in [3.8, 4) is 0 Å². The molecule has 0 unspecified atom stereocenters. The maximum atomic E-state index is 11.7. The fraction of sp³-hybridized carbons (Fsp3) is 0.562. The first-order valence-corrected chi connectivity index (χ1v) is 7.57. The maximum absolute atomic E-state index is 11.7. The zero-order valence-electron chi connectivity index (χ0n) is 13.4. The van der Waals surface area contributed by atoms with Gasteiger partial charge in [-0.3, -0.25) is 0 Å². The Bertz CT molecular complexity index is 417. The van der Waals surface area contributed by atoms with E-state index in [2.05, 4.69) is 36.4 Å². The second kappa shape index (κ2) is 9.37. The number of anilines is 1. The fourth-order valence-corrected chi connectivity index (χ4v) is 1.85. The van der Waals surface area contributed by atoms with Crippen LogP contribution in [0.15, 0.2) is 24.3 Å². The van der Waals surface area contributed by atoms with Gasteiger partial charge >= 0.3 is 6.03 Å². The van der Waals surface area contributed by atoms with E-state index in [1.807, 2.05) is 24.3 Å². The molecule has 1 aromatic rings. The van der Waals surface area contributed by atoms with E-state index in [4.69, 9.17) is 5.73 Å². The van der Waals surface area contributed by atoms with Gasteiger partial charge in [0.2, 0.25) is 0 Å². The summed E-state index contributed by atoms with van der Waals surface area (Å²) in [4.78, 5) is 14.0. The molecular weight excluding hydrogens is 264 g/mol. The van der Waals surface area contributed by atoms with Crippen molar-refractivity contribution in [2.45, 2.75) is 39.3 Å². The minimum absolute atomic E-state index is 0.160. The van der Waals surface area contributed by atoms with Gasteiger partial charge in [-0.05, 0) is 58.0 Å². The number of hydrogen-bond donors (Lipinski definition) is 3. The number of carbonyl (C=O) groups is 1. The van der Waals surface area contributed by atoms with E-state index >= 15 is 0 Å². The van der Waals surface area contributed by atoms with Crippen LogP contribution in [0.2, 0.25) is 0 Å². The minimum Gasteiger partial charge on any atom is -0.338 e. The summed E-state index contributed by atoms with van der Waals surface area (Å²) >= 11 is 0. The van der Waals surface area contributed by atoms with Crippen LogP contribution in [0.3, 0.4) is 0 Å². The van der Waals surface area contributed by atoms with Gasteiger partial charge in [-0.25, -0.2) is 4.79 Å². The number of nitrogens with one attached hydrogen (secondary N) is 2. The van der Waals surface area contributed by atoms with Gasteiger partial charge in [-0.15, -0.1) is 0 Å². The van der Waals surface area contributed by atoms with E-state index in [0.717, 1.165) is 30.6 Å². The molecule has 0 aliphatic heterocycles. The van der Waals surface area contributed by atoms with Crippen LogP contribution in [-0.2, 0) is 6.54 Å². The van der Waals surface area contributed by atoms with Crippen molar-refractivity contribution in [1.29, 1.82) is 0 Å². The Labute approximate surface area is 127 Å². The zero-order chi connectivity index (χ0) is 15.7. The van der Waals surface area contributed by atoms with E-state index < -0.39 is 0 Å². The van der Waals surface area contributed by atoms with Crippen LogP contribution in [0, 0.1) is 0 Å². The first-order chi connectivity index (χ1) is 10.0. The molecule has 5 heteroatoms. The summed E-state index contributed by atoms with van der Waals surface area (Å²) in [7, 11) is 2.12. The topological polar surface area (TPSA) is 70.4 Å². The lowest BCUT2D eigenvalue weighted by atomic mass is 10.2. The lowest BCUT2D eigenvalue weighted by Gasteiger charge is -2.20. The summed E-state index contributed by atoms with van der Waals surface area (Å²) in [6, 6.07) is 7.96.